The normalized spacial score (nSPS) is 20.8. The number of carbonyl (C=O) groups is 2. The van der Waals surface area contributed by atoms with E-state index in [9.17, 15) is 48.6 Å². The molecule has 21 heteroatoms. The molecule has 1 fully saturated rings. The molecule has 1 aromatic rings. The van der Waals surface area contributed by atoms with Gasteiger partial charge in [-0.3, -0.25) is 23.2 Å². The predicted molar refractivity (Wildman–Crippen MR) is 244 cm³/mol. The summed E-state index contributed by atoms with van der Waals surface area (Å²) < 4.78 is 56.4. The number of hydrogen-bond donors (Lipinski definition) is 6. The number of ether oxygens (including phenoxy) is 3. The highest BCUT2D eigenvalue weighted by atomic mass is 31.3. The molecule has 1 aromatic heterocycles. The lowest BCUT2D eigenvalue weighted by molar-refractivity contribution is -0.161. The maximum Gasteiger partial charge on any atom is 0.481 e. The fourth-order valence-electron chi connectivity index (χ4n) is 6.33. The lowest BCUT2D eigenvalue weighted by Gasteiger charge is -2.21. The number of esters is 2. The number of phosphoric ester groups is 2. The molecule has 0 radical (unpaired) electrons. The van der Waals surface area contributed by atoms with Crippen LogP contribution in [0.25, 0.3) is 0 Å². The summed E-state index contributed by atoms with van der Waals surface area (Å²) in [5.41, 5.74) is 4.56. The second kappa shape index (κ2) is 32.4. The molecule has 8 atom stereocenters. The summed E-state index contributed by atoms with van der Waals surface area (Å²) in [4.78, 5) is 61.5. The van der Waals surface area contributed by atoms with E-state index < -0.39 is 83.7 Å². The van der Waals surface area contributed by atoms with Crippen molar-refractivity contribution in [3.05, 3.63) is 71.4 Å². The van der Waals surface area contributed by atoms with Gasteiger partial charge in [-0.15, -0.1) is 0 Å². The van der Waals surface area contributed by atoms with Crippen LogP contribution in [0.15, 0.2) is 65.7 Å². The van der Waals surface area contributed by atoms with Crippen LogP contribution in [-0.4, -0.2) is 96.9 Å². The number of nitrogens with two attached hydrogens (primary N) is 1. The lowest BCUT2D eigenvalue weighted by Crippen LogP contribution is -2.36. The summed E-state index contributed by atoms with van der Waals surface area (Å²) in [7, 11) is -10.9. The molecule has 2 heterocycles. The zero-order valence-electron chi connectivity index (χ0n) is 38.1. The number of nitrogen functional groups attached to an aromatic ring is 1. The number of allylic oxidation sites excluding steroid dienone is 8. The fraction of sp³-hybridized carbons (Fsp3) is 0.682. The summed E-state index contributed by atoms with van der Waals surface area (Å²) >= 11 is 0. The van der Waals surface area contributed by atoms with Crippen LogP contribution in [0.3, 0.4) is 0 Å². The van der Waals surface area contributed by atoms with Crippen molar-refractivity contribution in [2.24, 2.45) is 5.92 Å². The Bertz CT molecular complexity index is 1800. The second-order valence-corrected chi connectivity index (χ2v) is 19.4. The van der Waals surface area contributed by atoms with Gasteiger partial charge in [0.15, 0.2) is 12.3 Å². The van der Waals surface area contributed by atoms with Gasteiger partial charge in [0.05, 0.1) is 19.3 Å². The smallest absolute Gasteiger partial charge is 0.462 e. The van der Waals surface area contributed by atoms with E-state index in [1.807, 2.05) is 18.2 Å². The summed E-state index contributed by atoms with van der Waals surface area (Å²) in [5, 5.41) is 30.1. The average Bonchev–Trinajstić information content (AvgIpc) is 3.51. The first-order chi connectivity index (χ1) is 30.9. The molecule has 0 amide bonds. The Kier molecular flexibility index (Phi) is 28.8. The molecular formula is C44H73N3O16P2. The third kappa shape index (κ3) is 27.2. The lowest BCUT2D eigenvalue weighted by atomic mass is 10.0. The minimum absolute atomic E-state index is 0.0279. The van der Waals surface area contributed by atoms with Gasteiger partial charge in [-0.2, -0.15) is 9.29 Å². The third-order valence-corrected chi connectivity index (χ3v) is 12.5. The molecule has 1 aliphatic heterocycles. The van der Waals surface area contributed by atoms with Gasteiger partial charge in [0, 0.05) is 19.0 Å². The van der Waals surface area contributed by atoms with Gasteiger partial charge in [0.1, 0.15) is 30.7 Å². The number of anilines is 1. The Hall–Kier alpha value is -3.32. The van der Waals surface area contributed by atoms with E-state index >= 15 is 0 Å². The number of rotatable bonds is 35. The van der Waals surface area contributed by atoms with Gasteiger partial charge in [-0.05, 0) is 76.7 Å². The van der Waals surface area contributed by atoms with E-state index in [-0.39, 0.29) is 24.8 Å². The van der Waals surface area contributed by atoms with Gasteiger partial charge in [-0.25, -0.2) is 13.9 Å². The number of unbranched alkanes of at least 4 members (excludes halogenated alkanes) is 7. The topological polar surface area (TPSA) is 286 Å². The Morgan fingerprint density at radius 2 is 1.35 bits per heavy atom. The summed E-state index contributed by atoms with van der Waals surface area (Å²) in [6, 6.07) is 1.24. The molecule has 0 aliphatic carbocycles. The SMILES string of the molecule is CC(C)CCCCCCCCC(=O)O[C@H](COC(=O)CCC/C=C\C/C=C\C/C=C\C/C=C\CCC[C@@H](C)O)COP(=O)(O)OP(=O)(O)OC[C@H]1O[C@@H](n2ccc(N)nc2=O)[C@H](O)[C@@H]1O. The zero-order valence-corrected chi connectivity index (χ0v) is 39.8. The monoisotopic (exact) mass is 961 g/mol. The summed E-state index contributed by atoms with van der Waals surface area (Å²) in [6.45, 7) is 3.79. The van der Waals surface area contributed by atoms with Crippen LogP contribution in [0.4, 0.5) is 5.82 Å². The average molecular weight is 962 g/mol. The molecule has 370 valence electrons. The standard InChI is InChI=1S/C44H73N3O16P2/c1-34(2)25-21-17-15-16-20-24-28-40(50)61-36(31-58-39(49)27-23-19-14-12-10-8-6-4-5-7-9-11-13-18-22-26-35(3)48)32-59-64(54,55)63-65(56,57)60-33-37-41(51)42(52)43(62-37)47-30-29-38(45)46-44(47)53/h5-8,11-14,29-30,34-37,41-43,48,51-52H,4,9-10,15-28,31-33H2,1-3H3,(H,54,55)(H,56,57)(H2,45,46,53)/b7-5-,8-6-,13-11-,14-12-/t35-,36-,37-,41-,42-,43-/m1/s1. The van der Waals surface area contributed by atoms with Crippen molar-refractivity contribution in [3.63, 3.8) is 0 Å². The van der Waals surface area contributed by atoms with Crippen molar-refractivity contribution in [2.45, 2.75) is 167 Å². The largest absolute Gasteiger partial charge is 0.481 e. The number of hydrogen-bond acceptors (Lipinski definition) is 16. The maximum absolute atomic E-state index is 12.8. The number of phosphoric acid groups is 2. The molecule has 2 unspecified atom stereocenters. The maximum atomic E-state index is 12.8. The van der Waals surface area contributed by atoms with Crippen LogP contribution in [0.5, 0.6) is 0 Å². The van der Waals surface area contributed by atoms with Crippen LogP contribution in [-0.2, 0) is 46.3 Å². The van der Waals surface area contributed by atoms with E-state index in [0.717, 1.165) is 87.8 Å². The molecule has 7 N–H and O–H groups in total. The van der Waals surface area contributed by atoms with Gasteiger partial charge in [0.25, 0.3) is 0 Å². The Labute approximate surface area is 382 Å². The van der Waals surface area contributed by atoms with Gasteiger partial charge < -0.3 is 45.1 Å². The van der Waals surface area contributed by atoms with Crippen LogP contribution < -0.4 is 11.4 Å². The molecule has 0 spiro atoms. The molecule has 2 rings (SSSR count). The van der Waals surface area contributed by atoms with E-state index in [2.05, 4.69) is 53.5 Å². The van der Waals surface area contributed by atoms with Crippen molar-refractivity contribution in [2.75, 3.05) is 25.6 Å². The number of nitrogens with zero attached hydrogens (tertiary/aromatic N) is 2. The van der Waals surface area contributed by atoms with E-state index in [1.165, 1.54) is 6.07 Å². The van der Waals surface area contributed by atoms with Crippen LogP contribution in [0.1, 0.15) is 136 Å². The number of aliphatic hydroxyl groups is 3. The zero-order chi connectivity index (χ0) is 48.1. The predicted octanol–water partition coefficient (Wildman–Crippen LogP) is 7.04. The minimum Gasteiger partial charge on any atom is -0.462 e. The van der Waals surface area contributed by atoms with E-state index in [4.69, 9.17) is 29.0 Å². The highest BCUT2D eigenvalue weighted by molar-refractivity contribution is 7.61. The quantitative estimate of drug-likeness (QED) is 0.0172. The first-order valence-electron chi connectivity index (χ1n) is 22.5. The molecule has 1 saturated heterocycles. The Balaban J connectivity index is 1.84. The minimum atomic E-state index is -5.43. The van der Waals surface area contributed by atoms with Crippen molar-refractivity contribution in [1.82, 2.24) is 9.55 Å². The molecular weight excluding hydrogens is 888 g/mol. The van der Waals surface area contributed by atoms with Gasteiger partial charge in [0.2, 0.25) is 0 Å². The van der Waals surface area contributed by atoms with Crippen molar-refractivity contribution in [3.8, 4) is 0 Å². The molecule has 0 bridgehead atoms. The second-order valence-electron chi connectivity index (χ2n) is 16.3. The van der Waals surface area contributed by atoms with Crippen molar-refractivity contribution >= 4 is 33.4 Å². The molecule has 19 nitrogen and oxygen atoms in total. The van der Waals surface area contributed by atoms with Crippen LogP contribution >= 0.6 is 15.6 Å². The molecule has 65 heavy (non-hydrogen) atoms. The highest BCUT2D eigenvalue weighted by Crippen LogP contribution is 2.60. The Morgan fingerprint density at radius 1 is 0.785 bits per heavy atom. The summed E-state index contributed by atoms with van der Waals surface area (Å²) in [6.07, 6.45) is 22.6. The summed E-state index contributed by atoms with van der Waals surface area (Å²) in [5.74, 6) is -0.744. The molecule has 0 aromatic carbocycles. The first kappa shape index (κ1) is 57.8. The van der Waals surface area contributed by atoms with Gasteiger partial charge in [-0.1, -0.05) is 101 Å². The number of aromatic nitrogens is 2. The number of carbonyl (C=O) groups excluding carboxylic acids is 2. The third-order valence-electron chi connectivity index (χ3n) is 9.86. The molecule has 1 aliphatic rings. The molecule has 0 saturated carbocycles. The fourth-order valence-corrected chi connectivity index (χ4v) is 8.44. The highest BCUT2D eigenvalue weighted by Gasteiger charge is 2.46. The van der Waals surface area contributed by atoms with E-state index in [0.29, 0.717) is 25.2 Å². The van der Waals surface area contributed by atoms with E-state index in [1.54, 1.807) is 6.92 Å². The van der Waals surface area contributed by atoms with Crippen molar-refractivity contribution < 1.29 is 71.4 Å². The van der Waals surface area contributed by atoms with Crippen molar-refractivity contribution in [1.29, 1.82) is 0 Å². The first-order valence-corrected chi connectivity index (χ1v) is 25.5. The van der Waals surface area contributed by atoms with Crippen LogP contribution in [0.2, 0.25) is 0 Å². The van der Waals surface area contributed by atoms with Crippen LogP contribution in [0, 0.1) is 5.92 Å². The van der Waals surface area contributed by atoms with Gasteiger partial charge >= 0.3 is 33.3 Å². The Morgan fingerprint density at radius 3 is 1.97 bits per heavy atom. The number of aliphatic hydroxyl groups excluding tert-OH is 3.